The Morgan fingerprint density at radius 3 is 2.91 bits per heavy atom. The van der Waals surface area contributed by atoms with Crippen molar-refractivity contribution in [2.24, 2.45) is 0 Å². The van der Waals surface area contributed by atoms with Crippen LogP contribution in [0.25, 0.3) is 0 Å². The van der Waals surface area contributed by atoms with Crippen LogP contribution in [-0.4, -0.2) is 51.9 Å². The van der Waals surface area contributed by atoms with Gasteiger partial charge < -0.3 is 26.1 Å². The second-order valence-electron chi connectivity index (χ2n) is 6.58. The molecule has 1 fully saturated rings. The summed E-state index contributed by atoms with van der Waals surface area (Å²) in [5.41, 5.74) is 5.71. The summed E-state index contributed by atoms with van der Waals surface area (Å²) in [6.45, 7) is 6.76. The first-order chi connectivity index (χ1) is 10.8. The van der Waals surface area contributed by atoms with Crippen LogP contribution in [0.2, 0.25) is 0 Å². The third-order valence-electron chi connectivity index (χ3n) is 3.47. The maximum atomic E-state index is 12.2. The van der Waals surface area contributed by atoms with E-state index in [1.807, 2.05) is 20.8 Å². The molecule has 1 unspecified atom stereocenters. The smallest absolute Gasteiger partial charge is 0.410 e. The van der Waals surface area contributed by atoms with Crippen molar-refractivity contribution in [2.45, 2.75) is 45.3 Å². The van der Waals surface area contributed by atoms with Gasteiger partial charge in [0.05, 0.1) is 5.56 Å². The molecule has 8 heteroatoms. The predicted molar refractivity (Wildman–Crippen MR) is 88.8 cm³/mol. The molecule has 23 heavy (non-hydrogen) atoms. The van der Waals surface area contributed by atoms with Gasteiger partial charge in [0.2, 0.25) is 0 Å². The maximum Gasteiger partial charge on any atom is 0.410 e. The Kier molecular flexibility index (Phi) is 5.02. The fraction of sp³-hybridized carbons (Fsp3) is 0.600. The number of likely N-dealkylation sites (tertiary alicyclic amines) is 1. The number of hydrogen-bond donors (Lipinski definition) is 3. The molecule has 1 aliphatic rings. The molecule has 0 bridgehead atoms. The minimum atomic E-state index is -0.508. The second-order valence-corrected chi connectivity index (χ2v) is 6.58. The molecular formula is C15H24N6O2. The molecule has 0 saturated carbocycles. The van der Waals surface area contributed by atoms with E-state index >= 15 is 0 Å². The highest BCUT2D eigenvalue weighted by atomic mass is 16.6. The number of piperidine rings is 1. The predicted octanol–water partition coefficient (Wildman–Crippen LogP) is 1.87. The highest BCUT2D eigenvalue weighted by Gasteiger charge is 2.28. The van der Waals surface area contributed by atoms with Crippen molar-refractivity contribution < 1.29 is 9.53 Å². The van der Waals surface area contributed by atoms with E-state index in [1.54, 1.807) is 4.90 Å². The van der Waals surface area contributed by atoms with Crippen LogP contribution in [0.5, 0.6) is 0 Å². The summed E-state index contributed by atoms with van der Waals surface area (Å²) >= 11 is 0. The SMILES string of the molecule is CC(C)(C)OC(=O)N1CCCC(Nc2ncnc(N)c2C=N)C1. The van der Waals surface area contributed by atoms with Gasteiger partial charge >= 0.3 is 6.09 Å². The van der Waals surface area contributed by atoms with Crippen molar-refractivity contribution in [1.29, 1.82) is 5.41 Å². The Morgan fingerprint density at radius 2 is 2.26 bits per heavy atom. The number of rotatable bonds is 3. The average Bonchev–Trinajstić information content (AvgIpc) is 2.46. The average molecular weight is 320 g/mol. The molecule has 1 aromatic heterocycles. The van der Waals surface area contributed by atoms with E-state index in [4.69, 9.17) is 15.9 Å². The third kappa shape index (κ3) is 4.54. The summed E-state index contributed by atoms with van der Waals surface area (Å²) in [5, 5.41) is 10.7. The van der Waals surface area contributed by atoms with E-state index in [0.29, 0.717) is 24.5 Å². The van der Waals surface area contributed by atoms with Gasteiger partial charge in [0.15, 0.2) is 0 Å². The van der Waals surface area contributed by atoms with Crippen molar-refractivity contribution in [3.05, 3.63) is 11.9 Å². The molecular weight excluding hydrogens is 296 g/mol. The first-order valence-electron chi connectivity index (χ1n) is 7.65. The van der Waals surface area contributed by atoms with E-state index < -0.39 is 5.60 Å². The first kappa shape index (κ1) is 17.0. The fourth-order valence-electron chi connectivity index (χ4n) is 2.45. The number of ether oxygens (including phenoxy) is 1. The summed E-state index contributed by atoms with van der Waals surface area (Å²) < 4.78 is 5.42. The molecule has 1 saturated heterocycles. The van der Waals surface area contributed by atoms with Crippen molar-refractivity contribution in [3.63, 3.8) is 0 Å². The van der Waals surface area contributed by atoms with Crippen molar-refractivity contribution in [3.8, 4) is 0 Å². The van der Waals surface area contributed by atoms with Gasteiger partial charge in [-0.05, 0) is 33.6 Å². The number of nitrogens with two attached hydrogens (primary N) is 1. The minimum absolute atomic E-state index is 0.0317. The fourth-order valence-corrected chi connectivity index (χ4v) is 2.45. The lowest BCUT2D eigenvalue weighted by atomic mass is 10.1. The number of nitrogens with one attached hydrogen (secondary N) is 2. The molecule has 126 valence electrons. The standard InChI is InChI=1S/C15H24N6O2/c1-15(2,3)23-14(22)21-6-4-5-10(8-21)20-13-11(7-16)12(17)18-9-19-13/h7,9-10,16H,4-6,8H2,1-3H3,(H3,17,18,19,20). The van der Waals surface area contributed by atoms with Crippen LogP contribution in [0.3, 0.4) is 0 Å². The number of carbonyl (C=O) groups is 1. The Morgan fingerprint density at radius 1 is 1.52 bits per heavy atom. The molecule has 0 aromatic carbocycles. The molecule has 1 aliphatic heterocycles. The summed E-state index contributed by atoms with van der Waals surface area (Å²) in [7, 11) is 0. The lowest BCUT2D eigenvalue weighted by Gasteiger charge is -2.34. The molecule has 2 heterocycles. The molecule has 8 nitrogen and oxygen atoms in total. The number of nitrogens with zero attached hydrogens (tertiary/aromatic N) is 3. The van der Waals surface area contributed by atoms with Gasteiger partial charge in [0.1, 0.15) is 23.6 Å². The molecule has 1 aromatic rings. The van der Waals surface area contributed by atoms with Gasteiger partial charge in [-0.1, -0.05) is 0 Å². The molecule has 2 rings (SSSR count). The molecule has 1 atom stereocenters. The van der Waals surface area contributed by atoms with Crippen LogP contribution < -0.4 is 11.1 Å². The number of hydrogen-bond acceptors (Lipinski definition) is 7. The molecule has 0 spiro atoms. The van der Waals surface area contributed by atoms with Crippen molar-refractivity contribution >= 4 is 23.9 Å². The van der Waals surface area contributed by atoms with Crippen molar-refractivity contribution in [1.82, 2.24) is 14.9 Å². The second kappa shape index (κ2) is 6.80. The molecule has 0 aliphatic carbocycles. The van der Waals surface area contributed by atoms with Crippen LogP contribution in [0.4, 0.5) is 16.4 Å². The van der Waals surface area contributed by atoms with Crippen LogP contribution in [-0.2, 0) is 4.74 Å². The summed E-state index contributed by atoms with van der Waals surface area (Å²) in [6.07, 6.45) is 3.96. The van der Waals surface area contributed by atoms with Gasteiger partial charge in [-0.15, -0.1) is 0 Å². The van der Waals surface area contributed by atoms with E-state index in [-0.39, 0.29) is 18.0 Å². The third-order valence-corrected chi connectivity index (χ3v) is 3.47. The Balaban J connectivity index is 2.03. The first-order valence-corrected chi connectivity index (χ1v) is 7.65. The molecule has 1 amide bonds. The molecule has 4 N–H and O–H groups in total. The van der Waals surface area contributed by atoms with Crippen LogP contribution in [0.1, 0.15) is 39.2 Å². The highest BCUT2D eigenvalue weighted by Crippen LogP contribution is 2.20. The van der Waals surface area contributed by atoms with E-state index in [0.717, 1.165) is 19.1 Å². The van der Waals surface area contributed by atoms with Crippen LogP contribution in [0.15, 0.2) is 6.33 Å². The number of carbonyl (C=O) groups excluding carboxylic acids is 1. The number of amides is 1. The minimum Gasteiger partial charge on any atom is -0.444 e. The zero-order valence-corrected chi connectivity index (χ0v) is 13.8. The van der Waals surface area contributed by atoms with E-state index in [9.17, 15) is 4.79 Å². The Hall–Kier alpha value is -2.38. The van der Waals surface area contributed by atoms with E-state index in [2.05, 4.69) is 15.3 Å². The van der Waals surface area contributed by atoms with Gasteiger partial charge in [-0.2, -0.15) is 0 Å². The van der Waals surface area contributed by atoms with Gasteiger partial charge in [-0.25, -0.2) is 14.8 Å². The summed E-state index contributed by atoms with van der Waals surface area (Å²) in [5.74, 6) is 0.779. The Labute approximate surface area is 135 Å². The van der Waals surface area contributed by atoms with Crippen LogP contribution in [0, 0.1) is 5.41 Å². The number of nitrogen functional groups attached to an aromatic ring is 1. The van der Waals surface area contributed by atoms with Crippen LogP contribution >= 0.6 is 0 Å². The number of aromatic nitrogens is 2. The van der Waals surface area contributed by atoms with Crippen molar-refractivity contribution in [2.75, 3.05) is 24.1 Å². The summed E-state index contributed by atoms with van der Waals surface area (Å²) in [6, 6.07) is 0.0317. The number of anilines is 2. The lowest BCUT2D eigenvalue weighted by molar-refractivity contribution is 0.0206. The zero-order valence-electron chi connectivity index (χ0n) is 13.8. The molecule has 0 radical (unpaired) electrons. The van der Waals surface area contributed by atoms with E-state index in [1.165, 1.54) is 6.33 Å². The topological polar surface area (TPSA) is 117 Å². The summed E-state index contributed by atoms with van der Waals surface area (Å²) in [4.78, 5) is 21.9. The van der Waals surface area contributed by atoms with Gasteiger partial charge in [-0.3, -0.25) is 0 Å². The van der Waals surface area contributed by atoms with Gasteiger partial charge in [0.25, 0.3) is 0 Å². The Bertz CT molecular complexity index is 584. The quantitative estimate of drug-likeness (QED) is 0.732. The largest absolute Gasteiger partial charge is 0.444 e. The van der Waals surface area contributed by atoms with Gasteiger partial charge in [0, 0.05) is 25.3 Å². The lowest BCUT2D eigenvalue weighted by Crippen LogP contribution is -2.47. The normalized spacial score (nSPS) is 18.4. The maximum absolute atomic E-state index is 12.2. The highest BCUT2D eigenvalue weighted by molar-refractivity contribution is 5.89. The monoisotopic (exact) mass is 320 g/mol. The zero-order chi connectivity index (χ0) is 17.0.